The fourth-order valence-corrected chi connectivity index (χ4v) is 4.92. The molecule has 1 amide bonds. The molecule has 2 fully saturated rings. The lowest BCUT2D eigenvalue weighted by atomic mass is 9.75. The van der Waals surface area contributed by atoms with Crippen LogP contribution in [0.25, 0.3) is 0 Å². The Balaban J connectivity index is 1.75. The highest BCUT2D eigenvalue weighted by Crippen LogP contribution is 2.50. The molecular formula is C22H18F3N3O3S. The number of nitrogens with zero attached hydrogens (tertiary/aromatic N) is 3. The summed E-state index contributed by atoms with van der Waals surface area (Å²) in [4.78, 5) is 27.4. The number of aliphatic carboxylic acids is 1. The van der Waals surface area contributed by atoms with Crippen molar-refractivity contribution in [2.24, 2.45) is 0 Å². The van der Waals surface area contributed by atoms with Crippen LogP contribution in [0.2, 0.25) is 0 Å². The van der Waals surface area contributed by atoms with Crippen molar-refractivity contribution in [2.45, 2.75) is 42.9 Å². The molecule has 166 valence electrons. The molecule has 1 atom stereocenters. The molecule has 1 heterocycles. The number of carboxylic acid groups (broad SMARTS) is 1. The quantitative estimate of drug-likeness (QED) is 0.667. The van der Waals surface area contributed by atoms with Gasteiger partial charge in [0.05, 0.1) is 23.6 Å². The van der Waals surface area contributed by atoms with E-state index < -0.39 is 34.3 Å². The SMILES string of the molecule is N#Cc1ccc(N2C(=O)C3(CCC3)N(c3ccc(CC(=O)O)cc3)C2S)cc1C(F)(F)F. The van der Waals surface area contributed by atoms with Gasteiger partial charge < -0.3 is 10.0 Å². The van der Waals surface area contributed by atoms with E-state index in [-0.39, 0.29) is 18.0 Å². The van der Waals surface area contributed by atoms with E-state index in [9.17, 15) is 22.8 Å². The topological polar surface area (TPSA) is 84.6 Å². The van der Waals surface area contributed by atoms with Crippen LogP contribution in [0.3, 0.4) is 0 Å². The summed E-state index contributed by atoms with van der Waals surface area (Å²) < 4.78 is 40.4. The summed E-state index contributed by atoms with van der Waals surface area (Å²) >= 11 is 4.59. The standard InChI is InChI=1S/C22H18F3N3O3S/c23-22(24,25)17-11-16(7-4-14(17)12-26)27-19(31)21(8-1-9-21)28(20(27)32)15-5-2-13(3-6-15)10-18(29)30/h2-7,11,20,32H,1,8-10H2,(H,29,30). The predicted molar refractivity (Wildman–Crippen MR) is 113 cm³/mol. The third-order valence-corrected chi connectivity index (χ3v) is 6.46. The van der Waals surface area contributed by atoms with Crippen LogP contribution >= 0.6 is 12.6 Å². The molecule has 1 spiro atoms. The second-order valence-corrected chi connectivity index (χ2v) is 8.31. The van der Waals surface area contributed by atoms with Crippen LogP contribution in [0, 0.1) is 11.3 Å². The van der Waals surface area contributed by atoms with Gasteiger partial charge in [0.2, 0.25) is 0 Å². The second kappa shape index (κ2) is 7.74. The normalized spacial score (nSPS) is 19.7. The lowest BCUT2D eigenvalue weighted by molar-refractivity contribution is -0.138. The Hall–Kier alpha value is -3.19. The summed E-state index contributed by atoms with van der Waals surface area (Å²) in [6.07, 6.45) is -3.05. The minimum atomic E-state index is -4.75. The first-order valence-corrected chi connectivity index (χ1v) is 10.3. The molecule has 6 nitrogen and oxygen atoms in total. The van der Waals surface area contributed by atoms with Gasteiger partial charge in [-0.3, -0.25) is 14.5 Å². The third kappa shape index (κ3) is 3.46. The van der Waals surface area contributed by atoms with Crippen molar-refractivity contribution >= 4 is 35.9 Å². The molecule has 0 bridgehead atoms. The average Bonchev–Trinajstić information content (AvgIpc) is 2.94. The first kappa shape index (κ1) is 22.0. The fourth-order valence-electron chi connectivity index (χ4n) is 4.33. The number of nitriles is 1. The van der Waals surface area contributed by atoms with Gasteiger partial charge in [-0.15, -0.1) is 12.6 Å². The van der Waals surface area contributed by atoms with Crippen molar-refractivity contribution in [2.75, 3.05) is 9.80 Å². The van der Waals surface area contributed by atoms with Crippen molar-refractivity contribution in [3.63, 3.8) is 0 Å². The number of carbonyl (C=O) groups excluding carboxylic acids is 1. The molecule has 1 unspecified atom stereocenters. The van der Waals surface area contributed by atoms with E-state index in [0.29, 0.717) is 24.1 Å². The number of benzene rings is 2. The summed E-state index contributed by atoms with van der Waals surface area (Å²) in [6, 6.07) is 11.4. The number of carbonyl (C=O) groups is 2. The van der Waals surface area contributed by atoms with Gasteiger partial charge in [-0.05, 0) is 55.2 Å². The van der Waals surface area contributed by atoms with Crippen molar-refractivity contribution in [1.82, 2.24) is 0 Å². The lowest BCUT2D eigenvalue weighted by Gasteiger charge is -2.44. The van der Waals surface area contributed by atoms with Crippen molar-refractivity contribution in [3.05, 3.63) is 59.2 Å². The molecule has 4 rings (SSSR count). The molecule has 32 heavy (non-hydrogen) atoms. The van der Waals surface area contributed by atoms with Crippen molar-refractivity contribution in [1.29, 1.82) is 5.26 Å². The molecule has 1 N–H and O–H groups in total. The van der Waals surface area contributed by atoms with Gasteiger partial charge in [0, 0.05) is 11.4 Å². The van der Waals surface area contributed by atoms with E-state index in [1.165, 1.54) is 17.0 Å². The van der Waals surface area contributed by atoms with Crippen LogP contribution in [0.4, 0.5) is 24.5 Å². The number of hydrogen-bond acceptors (Lipinski definition) is 5. The van der Waals surface area contributed by atoms with Crippen LogP contribution < -0.4 is 9.80 Å². The largest absolute Gasteiger partial charge is 0.481 e. The zero-order chi connectivity index (χ0) is 23.3. The predicted octanol–water partition coefficient (Wildman–Crippen LogP) is 4.19. The van der Waals surface area contributed by atoms with Gasteiger partial charge in [0.1, 0.15) is 5.54 Å². The number of halogens is 3. The number of thiol groups is 1. The van der Waals surface area contributed by atoms with Gasteiger partial charge in [0.15, 0.2) is 5.50 Å². The molecule has 0 aromatic heterocycles. The Morgan fingerprint density at radius 3 is 2.31 bits per heavy atom. The first-order chi connectivity index (χ1) is 15.1. The summed E-state index contributed by atoms with van der Waals surface area (Å²) in [6.45, 7) is 0. The molecule has 0 radical (unpaired) electrons. The zero-order valence-electron chi connectivity index (χ0n) is 16.6. The van der Waals surface area contributed by atoms with Crippen LogP contribution in [-0.4, -0.2) is 28.0 Å². The fraction of sp³-hybridized carbons (Fsp3) is 0.318. The van der Waals surface area contributed by atoms with Gasteiger partial charge >= 0.3 is 12.1 Å². The van der Waals surface area contributed by atoms with Crippen LogP contribution in [0.5, 0.6) is 0 Å². The van der Waals surface area contributed by atoms with Crippen LogP contribution in [0.15, 0.2) is 42.5 Å². The maximum absolute atomic E-state index is 13.5. The summed E-state index contributed by atoms with van der Waals surface area (Å²) in [5, 5.41) is 18.0. The van der Waals surface area contributed by atoms with E-state index in [4.69, 9.17) is 10.4 Å². The average molecular weight is 461 g/mol. The van der Waals surface area contributed by atoms with E-state index in [2.05, 4.69) is 12.6 Å². The summed E-state index contributed by atoms with van der Waals surface area (Å²) in [5.74, 6) is -1.32. The molecule has 1 aliphatic heterocycles. The summed E-state index contributed by atoms with van der Waals surface area (Å²) in [5.41, 5.74) is -2.20. The Morgan fingerprint density at radius 2 is 1.81 bits per heavy atom. The van der Waals surface area contributed by atoms with E-state index in [0.717, 1.165) is 18.6 Å². The highest BCUT2D eigenvalue weighted by molar-refractivity contribution is 7.81. The Bertz CT molecular complexity index is 1120. The Morgan fingerprint density at radius 1 is 1.19 bits per heavy atom. The minimum absolute atomic E-state index is 0.0117. The number of alkyl halides is 3. The van der Waals surface area contributed by atoms with E-state index >= 15 is 0 Å². The molecular weight excluding hydrogens is 443 g/mol. The molecule has 1 saturated carbocycles. The summed E-state index contributed by atoms with van der Waals surface area (Å²) in [7, 11) is 0. The molecule has 2 aromatic rings. The van der Waals surface area contributed by atoms with E-state index in [1.807, 2.05) is 0 Å². The van der Waals surface area contributed by atoms with Crippen LogP contribution in [0.1, 0.15) is 36.0 Å². The number of anilines is 2. The Kier molecular flexibility index (Phi) is 5.33. The zero-order valence-corrected chi connectivity index (χ0v) is 17.5. The molecule has 1 saturated heterocycles. The number of carboxylic acids is 1. The van der Waals surface area contributed by atoms with E-state index in [1.54, 1.807) is 29.2 Å². The number of hydrogen-bond donors (Lipinski definition) is 2. The Labute approximate surface area is 187 Å². The van der Waals surface area contributed by atoms with Gasteiger partial charge in [0.25, 0.3) is 5.91 Å². The molecule has 2 aromatic carbocycles. The minimum Gasteiger partial charge on any atom is -0.481 e. The highest BCUT2D eigenvalue weighted by Gasteiger charge is 2.60. The third-order valence-electron chi connectivity index (χ3n) is 6.00. The van der Waals surface area contributed by atoms with Crippen LogP contribution in [-0.2, 0) is 22.2 Å². The lowest BCUT2D eigenvalue weighted by Crippen LogP contribution is -2.55. The number of rotatable bonds is 4. The maximum Gasteiger partial charge on any atom is 0.417 e. The molecule has 10 heteroatoms. The maximum atomic E-state index is 13.5. The van der Waals surface area contributed by atoms with Gasteiger partial charge in [-0.1, -0.05) is 12.1 Å². The highest BCUT2D eigenvalue weighted by atomic mass is 32.1. The van der Waals surface area contributed by atoms with Gasteiger partial charge in [-0.25, -0.2) is 0 Å². The molecule has 2 aliphatic rings. The van der Waals surface area contributed by atoms with Gasteiger partial charge in [-0.2, -0.15) is 18.4 Å². The second-order valence-electron chi connectivity index (χ2n) is 7.85. The van der Waals surface area contributed by atoms with Crippen molar-refractivity contribution in [3.8, 4) is 6.07 Å². The van der Waals surface area contributed by atoms with Crippen molar-refractivity contribution < 1.29 is 27.9 Å². The monoisotopic (exact) mass is 461 g/mol. The first-order valence-electron chi connectivity index (χ1n) is 9.82. The smallest absolute Gasteiger partial charge is 0.417 e. The molecule has 1 aliphatic carbocycles. The number of amides is 1.